The molecule has 11 nitrogen and oxygen atoms in total. The first kappa shape index (κ1) is 66.1. The normalized spacial score (nSPS) is 14.3. The second-order valence-electron chi connectivity index (χ2n) is 17.7. The highest BCUT2D eigenvalue weighted by molar-refractivity contribution is 7.47. The van der Waals surface area contributed by atoms with Crippen molar-refractivity contribution < 1.29 is 47.8 Å². The molecule has 0 spiro atoms. The van der Waals surface area contributed by atoms with Gasteiger partial charge in [-0.3, -0.25) is 18.6 Å². The summed E-state index contributed by atoms with van der Waals surface area (Å²) in [4.78, 5) is 46.2. The molecular weight excluding hydrogens is 902 g/mol. The lowest BCUT2D eigenvalue weighted by molar-refractivity contribution is -0.147. The zero-order chi connectivity index (χ0) is 51.3. The Kier molecular flexibility index (Phi) is 48.7. The Bertz CT molecular complexity index is 1590. The van der Waals surface area contributed by atoms with E-state index in [2.05, 4.69) is 116 Å². The van der Waals surface area contributed by atoms with Crippen molar-refractivity contribution in [3.05, 3.63) is 109 Å². The Morgan fingerprint density at radius 2 is 0.843 bits per heavy atom. The number of carboxylic acids is 1. The summed E-state index contributed by atoms with van der Waals surface area (Å²) in [5.74, 6) is -2.45. The molecular formula is C58H96NO10P. The molecule has 0 aromatic heterocycles. The Balaban J connectivity index is 3.91. The van der Waals surface area contributed by atoms with Gasteiger partial charge in [0.25, 0.3) is 0 Å². The van der Waals surface area contributed by atoms with Crippen molar-refractivity contribution in [3.8, 4) is 0 Å². The van der Waals surface area contributed by atoms with Crippen LogP contribution in [0.4, 0.5) is 0 Å². The van der Waals surface area contributed by atoms with E-state index >= 15 is 0 Å². The molecule has 0 bridgehead atoms. The number of ether oxygens (including phenoxy) is 1. The highest BCUT2D eigenvalue weighted by atomic mass is 31.2. The van der Waals surface area contributed by atoms with Gasteiger partial charge in [-0.05, 0) is 96.3 Å². The lowest BCUT2D eigenvalue weighted by atomic mass is 10.0. The van der Waals surface area contributed by atoms with Gasteiger partial charge in [0.15, 0.2) is 6.04 Å². The number of carboxylic acid groups (broad SMARTS) is 1. The SMILES string of the molecule is CC/C=C\C/C=C\C/C=C\C/C=C\C/C=C\C/C=C\C/C=C\CCCC(=O)OCC(O)COP(=O)(O)OCC(NC(=O)CCCCCCCCCCCCCCC/C=C\C/C=C\CCCCC)C(=O)O. The number of carbonyl (C=O) groups is 3. The number of aliphatic hydroxyl groups excluding tert-OH is 1. The summed E-state index contributed by atoms with van der Waals surface area (Å²) >= 11 is 0. The van der Waals surface area contributed by atoms with Crippen LogP contribution in [0.1, 0.15) is 206 Å². The fourth-order valence-electron chi connectivity index (χ4n) is 6.92. The molecule has 1 amide bonds. The number of aliphatic carboxylic acids is 1. The van der Waals surface area contributed by atoms with Crippen LogP contribution < -0.4 is 5.32 Å². The fourth-order valence-corrected chi connectivity index (χ4v) is 7.70. The quantitative estimate of drug-likeness (QED) is 0.0199. The largest absolute Gasteiger partial charge is 0.480 e. The Hall–Kier alpha value is -3.86. The number of carbonyl (C=O) groups excluding carboxylic acids is 2. The molecule has 0 aromatic rings. The number of esters is 1. The van der Waals surface area contributed by atoms with Gasteiger partial charge in [-0.1, -0.05) is 207 Å². The minimum Gasteiger partial charge on any atom is -0.480 e. The van der Waals surface area contributed by atoms with E-state index in [4.69, 9.17) is 13.8 Å². The number of hydrogen-bond donors (Lipinski definition) is 4. The summed E-state index contributed by atoms with van der Waals surface area (Å²) in [6, 6.07) is -1.56. The van der Waals surface area contributed by atoms with Gasteiger partial charge in [0.1, 0.15) is 12.7 Å². The van der Waals surface area contributed by atoms with Crippen molar-refractivity contribution in [2.75, 3.05) is 19.8 Å². The van der Waals surface area contributed by atoms with Gasteiger partial charge in [0.05, 0.1) is 13.2 Å². The maximum Gasteiger partial charge on any atom is 0.472 e. The third kappa shape index (κ3) is 50.5. The molecule has 0 radical (unpaired) electrons. The van der Waals surface area contributed by atoms with E-state index in [1.807, 2.05) is 12.2 Å². The Morgan fingerprint density at radius 3 is 1.27 bits per heavy atom. The molecule has 0 aliphatic rings. The van der Waals surface area contributed by atoms with E-state index in [1.165, 1.54) is 89.9 Å². The fraction of sp³-hybridized carbons (Fsp3) is 0.638. The first-order chi connectivity index (χ1) is 34.1. The number of rotatable bonds is 49. The minimum atomic E-state index is -4.79. The minimum absolute atomic E-state index is 0.135. The van der Waals surface area contributed by atoms with Gasteiger partial charge >= 0.3 is 19.8 Å². The van der Waals surface area contributed by atoms with Crippen molar-refractivity contribution in [2.24, 2.45) is 0 Å². The molecule has 0 saturated carbocycles. The highest BCUT2D eigenvalue weighted by Gasteiger charge is 2.28. The zero-order valence-electron chi connectivity index (χ0n) is 43.5. The standard InChI is InChI=1S/C58H96NO10P/c1-3-5-7-9-11-13-15-17-19-21-23-25-27-29-31-33-35-37-39-41-43-45-47-49-56(61)59-55(58(63)64)53-69-70(65,66)68-52-54(60)51-67-57(62)50-48-46-44-42-40-38-36-34-32-30-28-26-24-22-20-18-16-14-12-10-8-6-4-2/h6,8,11-14,17-20,24,26,30,32,36,38,42,44,54-55,60H,3-5,7,9-10,15-16,21-23,25,27-29,31,33-35,37,39-41,43,45-53H2,1-2H3,(H,59,61)(H,63,64)(H,65,66)/b8-6-,13-11-,14-12-,19-17-,20-18-,26-24-,32-30-,38-36-,44-42-. The molecule has 4 N–H and O–H groups in total. The number of phosphoric ester groups is 1. The molecule has 70 heavy (non-hydrogen) atoms. The Labute approximate surface area is 425 Å². The molecule has 0 aliphatic heterocycles. The van der Waals surface area contributed by atoms with Gasteiger partial charge in [0, 0.05) is 12.8 Å². The summed E-state index contributed by atoms with van der Waals surface area (Å²) in [6.07, 6.45) is 68.3. The number of unbranched alkanes of at least 4 members (excludes halogenated alkanes) is 17. The molecule has 3 atom stereocenters. The number of allylic oxidation sites excluding steroid dienone is 18. The molecule has 0 rings (SSSR count). The molecule has 0 aliphatic carbocycles. The molecule has 398 valence electrons. The number of hydrogen-bond acceptors (Lipinski definition) is 8. The van der Waals surface area contributed by atoms with Crippen LogP contribution in [0.25, 0.3) is 0 Å². The van der Waals surface area contributed by atoms with Crippen molar-refractivity contribution in [2.45, 2.75) is 219 Å². The topological polar surface area (TPSA) is 169 Å². The van der Waals surface area contributed by atoms with E-state index in [0.29, 0.717) is 19.3 Å². The third-order valence-electron chi connectivity index (χ3n) is 11.0. The first-order valence-corrected chi connectivity index (χ1v) is 28.4. The van der Waals surface area contributed by atoms with Gasteiger partial charge in [0.2, 0.25) is 5.91 Å². The van der Waals surface area contributed by atoms with Crippen LogP contribution in [0.15, 0.2) is 109 Å². The maximum atomic E-state index is 12.4. The van der Waals surface area contributed by atoms with Crippen LogP contribution in [0.3, 0.4) is 0 Å². The second kappa shape index (κ2) is 51.5. The van der Waals surface area contributed by atoms with Crippen LogP contribution in [0.2, 0.25) is 0 Å². The summed E-state index contributed by atoms with van der Waals surface area (Å²) in [6.45, 7) is 2.41. The maximum absolute atomic E-state index is 12.4. The predicted octanol–water partition coefficient (Wildman–Crippen LogP) is 15.3. The van der Waals surface area contributed by atoms with E-state index < -0.39 is 57.6 Å². The summed E-state index contributed by atoms with van der Waals surface area (Å²) in [5.41, 5.74) is 0. The van der Waals surface area contributed by atoms with Crippen LogP contribution in [-0.2, 0) is 32.7 Å². The van der Waals surface area contributed by atoms with Crippen molar-refractivity contribution in [3.63, 3.8) is 0 Å². The molecule has 0 saturated heterocycles. The average Bonchev–Trinajstić information content (AvgIpc) is 3.34. The third-order valence-corrected chi connectivity index (χ3v) is 12.0. The Morgan fingerprint density at radius 1 is 0.471 bits per heavy atom. The predicted molar refractivity (Wildman–Crippen MR) is 290 cm³/mol. The van der Waals surface area contributed by atoms with Gasteiger partial charge in [-0.15, -0.1) is 0 Å². The van der Waals surface area contributed by atoms with Crippen LogP contribution in [0, 0.1) is 0 Å². The molecule has 0 fully saturated rings. The van der Waals surface area contributed by atoms with Crippen molar-refractivity contribution in [1.82, 2.24) is 5.32 Å². The van der Waals surface area contributed by atoms with E-state index in [-0.39, 0.29) is 12.8 Å². The molecule has 0 heterocycles. The lowest BCUT2D eigenvalue weighted by Gasteiger charge is -2.18. The molecule has 3 unspecified atom stereocenters. The van der Waals surface area contributed by atoms with Crippen LogP contribution in [0.5, 0.6) is 0 Å². The average molecular weight is 998 g/mol. The monoisotopic (exact) mass is 998 g/mol. The second-order valence-corrected chi connectivity index (χ2v) is 19.1. The van der Waals surface area contributed by atoms with E-state index in [1.54, 1.807) is 0 Å². The first-order valence-electron chi connectivity index (χ1n) is 26.9. The molecule has 12 heteroatoms. The number of nitrogens with one attached hydrogen (secondary N) is 1. The smallest absolute Gasteiger partial charge is 0.472 e. The zero-order valence-corrected chi connectivity index (χ0v) is 44.4. The molecule has 0 aromatic carbocycles. The van der Waals surface area contributed by atoms with Crippen LogP contribution in [-0.4, -0.2) is 64.9 Å². The van der Waals surface area contributed by atoms with Gasteiger partial charge in [-0.2, -0.15) is 0 Å². The summed E-state index contributed by atoms with van der Waals surface area (Å²) in [7, 11) is -4.79. The van der Waals surface area contributed by atoms with Gasteiger partial charge in [-0.25, -0.2) is 9.36 Å². The number of phosphoric acid groups is 1. The lowest BCUT2D eigenvalue weighted by Crippen LogP contribution is -2.43. The van der Waals surface area contributed by atoms with Crippen molar-refractivity contribution >= 4 is 25.7 Å². The van der Waals surface area contributed by atoms with Crippen LogP contribution >= 0.6 is 7.82 Å². The van der Waals surface area contributed by atoms with Gasteiger partial charge < -0.3 is 25.2 Å². The number of aliphatic hydroxyl groups is 1. The highest BCUT2D eigenvalue weighted by Crippen LogP contribution is 2.43. The number of amides is 1. The van der Waals surface area contributed by atoms with E-state index in [9.17, 15) is 34.1 Å². The summed E-state index contributed by atoms with van der Waals surface area (Å²) < 4.78 is 26.9. The summed E-state index contributed by atoms with van der Waals surface area (Å²) in [5, 5.41) is 21.9. The van der Waals surface area contributed by atoms with Crippen molar-refractivity contribution in [1.29, 1.82) is 0 Å². The van der Waals surface area contributed by atoms with E-state index in [0.717, 1.165) is 70.6 Å².